The highest BCUT2D eigenvalue weighted by Gasteiger charge is 2.15. The van der Waals surface area contributed by atoms with Crippen molar-refractivity contribution in [3.63, 3.8) is 0 Å². The van der Waals surface area contributed by atoms with Crippen LogP contribution in [0, 0.1) is 0 Å². The molecule has 2 N–H and O–H groups in total. The molecule has 0 unspecified atom stereocenters. The fourth-order valence-corrected chi connectivity index (χ4v) is 3.55. The van der Waals surface area contributed by atoms with Crippen molar-refractivity contribution in [1.29, 1.82) is 0 Å². The minimum absolute atomic E-state index is 0.0277. The van der Waals surface area contributed by atoms with Crippen molar-refractivity contribution in [2.45, 2.75) is 10.6 Å². The molecule has 1 heterocycles. The average Bonchev–Trinajstić information content (AvgIpc) is 2.70. The van der Waals surface area contributed by atoms with Gasteiger partial charge in [-0.05, 0) is 40.6 Å². The molecule has 2 rings (SSSR count). The van der Waals surface area contributed by atoms with E-state index in [-0.39, 0.29) is 10.6 Å². The molecule has 2 aromatic rings. The first-order valence-electron chi connectivity index (χ1n) is 4.67. The van der Waals surface area contributed by atoms with Crippen LogP contribution in [0.15, 0.2) is 46.0 Å². The lowest BCUT2D eigenvalue weighted by Crippen LogP contribution is -2.04. The fourth-order valence-electron chi connectivity index (χ4n) is 1.39. The molecule has 1 aromatic heterocycles. The number of benzene rings is 1. The zero-order valence-corrected chi connectivity index (χ0v) is 10.1. The van der Waals surface area contributed by atoms with Gasteiger partial charge in [-0.25, -0.2) is 8.42 Å². The van der Waals surface area contributed by atoms with Gasteiger partial charge in [0.25, 0.3) is 0 Å². The van der Waals surface area contributed by atoms with Crippen LogP contribution in [0.3, 0.4) is 0 Å². The molecule has 0 fully saturated rings. The predicted octanol–water partition coefficient (Wildman–Crippen LogP) is 2.30. The molecule has 0 radical (unpaired) electrons. The van der Waals surface area contributed by atoms with Crippen LogP contribution in [0.4, 0.5) is 5.69 Å². The summed E-state index contributed by atoms with van der Waals surface area (Å²) in [6.45, 7) is 0. The number of anilines is 1. The highest BCUT2D eigenvalue weighted by molar-refractivity contribution is 7.90. The third-order valence-corrected chi connectivity index (χ3v) is 4.57. The Morgan fingerprint density at radius 3 is 2.69 bits per heavy atom. The lowest BCUT2D eigenvalue weighted by molar-refractivity contribution is 0.595. The Kier molecular flexibility index (Phi) is 2.98. The summed E-state index contributed by atoms with van der Waals surface area (Å²) >= 11 is 1.49. The molecule has 1 aromatic carbocycles. The van der Waals surface area contributed by atoms with Crippen molar-refractivity contribution in [1.82, 2.24) is 0 Å². The van der Waals surface area contributed by atoms with Crippen molar-refractivity contribution in [3.8, 4) is 0 Å². The molecule has 5 heteroatoms. The van der Waals surface area contributed by atoms with Crippen LogP contribution >= 0.6 is 11.3 Å². The normalized spacial score (nSPS) is 11.5. The van der Waals surface area contributed by atoms with E-state index in [0.29, 0.717) is 5.69 Å². The number of sulfone groups is 1. The maximum Gasteiger partial charge on any atom is 0.182 e. The summed E-state index contributed by atoms with van der Waals surface area (Å²) in [6.07, 6.45) is 0. The number of hydrogen-bond acceptors (Lipinski definition) is 4. The summed E-state index contributed by atoms with van der Waals surface area (Å²) in [5.74, 6) is 0.0277. The van der Waals surface area contributed by atoms with Gasteiger partial charge < -0.3 is 5.73 Å². The Bertz CT molecular complexity index is 574. The first kappa shape index (κ1) is 11.2. The molecule has 0 aliphatic carbocycles. The van der Waals surface area contributed by atoms with Gasteiger partial charge in [0.1, 0.15) is 0 Å². The summed E-state index contributed by atoms with van der Waals surface area (Å²) in [5, 5.41) is 3.70. The van der Waals surface area contributed by atoms with Crippen molar-refractivity contribution >= 4 is 26.9 Å². The van der Waals surface area contributed by atoms with Crippen LogP contribution in [0.1, 0.15) is 5.56 Å². The third kappa shape index (κ3) is 2.43. The van der Waals surface area contributed by atoms with Gasteiger partial charge in [0, 0.05) is 5.69 Å². The van der Waals surface area contributed by atoms with E-state index in [0.717, 1.165) is 5.56 Å². The Balaban J connectivity index is 2.33. The van der Waals surface area contributed by atoms with Crippen LogP contribution in [0.25, 0.3) is 0 Å². The van der Waals surface area contributed by atoms with E-state index in [1.54, 1.807) is 18.2 Å². The van der Waals surface area contributed by atoms with E-state index >= 15 is 0 Å². The zero-order valence-electron chi connectivity index (χ0n) is 8.46. The Hall–Kier alpha value is -1.33. The quantitative estimate of drug-likeness (QED) is 0.854. The molecule has 16 heavy (non-hydrogen) atoms. The van der Waals surface area contributed by atoms with Crippen molar-refractivity contribution < 1.29 is 8.42 Å². The van der Waals surface area contributed by atoms with E-state index in [9.17, 15) is 8.42 Å². The highest BCUT2D eigenvalue weighted by Crippen LogP contribution is 2.19. The lowest BCUT2D eigenvalue weighted by atomic mass is 10.3. The molecule has 0 spiro atoms. The molecule has 0 bridgehead atoms. The van der Waals surface area contributed by atoms with E-state index in [2.05, 4.69) is 0 Å². The minimum atomic E-state index is -3.28. The molecule has 3 nitrogen and oxygen atoms in total. The highest BCUT2D eigenvalue weighted by atomic mass is 32.2. The first-order chi connectivity index (χ1) is 7.58. The first-order valence-corrected chi connectivity index (χ1v) is 7.27. The maximum atomic E-state index is 12.0. The monoisotopic (exact) mass is 253 g/mol. The van der Waals surface area contributed by atoms with Gasteiger partial charge in [-0.2, -0.15) is 11.3 Å². The van der Waals surface area contributed by atoms with Gasteiger partial charge in [0.2, 0.25) is 0 Å². The van der Waals surface area contributed by atoms with E-state index in [1.807, 2.05) is 16.8 Å². The number of rotatable bonds is 3. The maximum absolute atomic E-state index is 12.0. The molecule has 0 saturated heterocycles. The van der Waals surface area contributed by atoms with Crippen molar-refractivity contribution in [3.05, 3.63) is 46.7 Å². The summed E-state index contributed by atoms with van der Waals surface area (Å²) in [5.41, 5.74) is 6.84. The van der Waals surface area contributed by atoms with Gasteiger partial charge in [0.05, 0.1) is 10.6 Å². The van der Waals surface area contributed by atoms with Crippen LogP contribution in [0.2, 0.25) is 0 Å². The van der Waals surface area contributed by atoms with Crippen LogP contribution < -0.4 is 5.73 Å². The molecular formula is C11H11NO2S2. The standard InChI is InChI=1S/C11H11NO2S2/c12-10-2-1-3-11(6-10)16(13,14)8-9-4-5-15-7-9/h1-7H,8,12H2. The molecule has 0 atom stereocenters. The van der Waals surface area contributed by atoms with E-state index in [4.69, 9.17) is 5.73 Å². The molecule has 84 valence electrons. The van der Waals surface area contributed by atoms with E-state index < -0.39 is 9.84 Å². The number of nitrogens with two attached hydrogens (primary N) is 1. The third-order valence-electron chi connectivity index (χ3n) is 2.15. The summed E-state index contributed by atoms with van der Waals surface area (Å²) in [4.78, 5) is 0.277. The average molecular weight is 253 g/mol. The number of nitrogen functional groups attached to an aromatic ring is 1. The summed E-state index contributed by atoms with van der Waals surface area (Å²) < 4.78 is 24.0. The van der Waals surface area contributed by atoms with Crippen molar-refractivity contribution in [2.75, 3.05) is 5.73 Å². The predicted molar refractivity (Wildman–Crippen MR) is 66.1 cm³/mol. The molecule has 0 aliphatic rings. The Morgan fingerprint density at radius 1 is 1.25 bits per heavy atom. The van der Waals surface area contributed by atoms with Gasteiger partial charge in [-0.1, -0.05) is 6.07 Å². The SMILES string of the molecule is Nc1cccc(S(=O)(=O)Cc2ccsc2)c1. The van der Waals surface area contributed by atoms with E-state index in [1.165, 1.54) is 17.4 Å². The molecule has 0 saturated carbocycles. The minimum Gasteiger partial charge on any atom is -0.399 e. The largest absolute Gasteiger partial charge is 0.399 e. The summed E-state index contributed by atoms with van der Waals surface area (Å²) in [7, 11) is -3.28. The Morgan fingerprint density at radius 2 is 2.06 bits per heavy atom. The smallest absolute Gasteiger partial charge is 0.182 e. The van der Waals surface area contributed by atoms with Crippen LogP contribution in [-0.2, 0) is 15.6 Å². The summed E-state index contributed by atoms with van der Waals surface area (Å²) in [6, 6.07) is 8.19. The molecular weight excluding hydrogens is 242 g/mol. The Labute approximate surface area is 98.5 Å². The molecule has 0 amide bonds. The number of hydrogen-bond donors (Lipinski definition) is 1. The molecule has 0 aliphatic heterocycles. The second-order valence-corrected chi connectivity index (χ2v) is 6.23. The number of thiophene rings is 1. The fraction of sp³-hybridized carbons (Fsp3) is 0.0909. The zero-order chi connectivity index (χ0) is 11.6. The second kappa shape index (κ2) is 4.27. The van der Waals surface area contributed by atoms with Crippen LogP contribution in [-0.4, -0.2) is 8.42 Å². The van der Waals surface area contributed by atoms with Crippen LogP contribution in [0.5, 0.6) is 0 Å². The second-order valence-electron chi connectivity index (χ2n) is 3.46. The lowest BCUT2D eigenvalue weighted by Gasteiger charge is -2.03. The van der Waals surface area contributed by atoms with Gasteiger partial charge >= 0.3 is 0 Å². The topological polar surface area (TPSA) is 60.2 Å². The van der Waals surface area contributed by atoms with Gasteiger partial charge in [-0.15, -0.1) is 0 Å². The van der Waals surface area contributed by atoms with Crippen molar-refractivity contribution in [2.24, 2.45) is 0 Å². The van der Waals surface area contributed by atoms with Gasteiger partial charge in [-0.3, -0.25) is 0 Å². The van der Waals surface area contributed by atoms with Gasteiger partial charge in [0.15, 0.2) is 9.84 Å².